The molecule has 0 saturated carbocycles. The minimum atomic E-state index is -0.977. The molecule has 2 aromatic rings. The van der Waals surface area contributed by atoms with Crippen LogP contribution in [0.3, 0.4) is 0 Å². The van der Waals surface area contributed by atoms with Crippen LogP contribution in [0.4, 0.5) is 16.2 Å². The molecule has 0 radical (unpaired) electrons. The van der Waals surface area contributed by atoms with Crippen LogP contribution in [-0.2, 0) is 6.42 Å². The molecule has 2 aromatic carbocycles. The molecular formula is C36H49NO3. The first-order valence-corrected chi connectivity index (χ1v) is 14.8. The molecule has 1 atom stereocenters. The van der Waals surface area contributed by atoms with Gasteiger partial charge in [0.05, 0.1) is 11.4 Å². The summed E-state index contributed by atoms with van der Waals surface area (Å²) in [5.41, 5.74) is 9.59. The van der Waals surface area contributed by atoms with Gasteiger partial charge in [0.25, 0.3) is 0 Å². The topological polar surface area (TPSA) is 49.8 Å². The van der Waals surface area contributed by atoms with Crippen LogP contribution >= 0.6 is 0 Å². The molecule has 1 N–H and O–H groups in total. The summed E-state index contributed by atoms with van der Waals surface area (Å²) in [5, 5.41) is 10.2. The van der Waals surface area contributed by atoms with Gasteiger partial charge in [-0.25, -0.2) is 9.69 Å². The molecule has 40 heavy (non-hydrogen) atoms. The number of allylic oxidation sites excluding steroid dienone is 6. The fourth-order valence-electron chi connectivity index (χ4n) is 5.68. The first-order chi connectivity index (χ1) is 18.9. The van der Waals surface area contributed by atoms with Gasteiger partial charge in [-0.1, -0.05) is 53.1 Å². The molecule has 4 heteroatoms. The van der Waals surface area contributed by atoms with Crippen molar-refractivity contribution >= 4 is 17.5 Å². The molecular weight excluding hydrogens is 494 g/mol. The van der Waals surface area contributed by atoms with E-state index < -0.39 is 6.09 Å². The molecule has 1 aliphatic heterocycles. The van der Waals surface area contributed by atoms with Gasteiger partial charge in [0.15, 0.2) is 0 Å². The first-order valence-electron chi connectivity index (χ1n) is 14.8. The van der Waals surface area contributed by atoms with Crippen LogP contribution in [0.1, 0.15) is 102 Å². The van der Waals surface area contributed by atoms with Crippen molar-refractivity contribution in [1.82, 2.24) is 0 Å². The van der Waals surface area contributed by atoms with E-state index in [1.54, 1.807) is 0 Å². The number of nitrogens with zero attached hydrogens (tertiary/aromatic N) is 1. The van der Waals surface area contributed by atoms with Crippen LogP contribution in [0.5, 0.6) is 5.75 Å². The molecule has 1 amide bonds. The van der Waals surface area contributed by atoms with Crippen molar-refractivity contribution < 1.29 is 14.6 Å². The minimum Gasteiger partial charge on any atom is -0.487 e. The molecule has 1 aliphatic rings. The van der Waals surface area contributed by atoms with E-state index in [9.17, 15) is 9.90 Å². The highest BCUT2D eigenvalue weighted by Crippen LogP contribution is 2.46. The number of anilines is 2. The number of ether oxygens (including phenoxy) is 1. The maximum atomic E-state index is 12.4. The van der Waals surface area contributed by atoms with E-state index in [4.69, 9.17) is 4.74 Å². The average Bonchev–Trinajstić information content (AvgIpc) is 2.89. The van der Waals surface area contributed by atoms with Gasteiger partial charge in [0, 0.05) is 0 Å². The number of benzene rings is 2. The Balaban J connectivity index is 1.69. The smallest absolute Gasteiger partial charge is 0.416 e. The Kier molecular flexibility index (Phi) is 10.8. The van der Waals surface area contributed by atoms with E-state index in [2.05, 4.69) is 59.8 Å². The van der Waals surface area contributed by atoms with E-state index in [1.165, 1.54) is 21.6 Å². The molecule has 0 bridgehead atoms. The summed E-state index contributed by atoms with van der Waals surface area (Å²) >= 11 is 0. The first kappa shape index (κ1) is 31.3. The van der Waals surface area contributed by atoms with Crippen LogP contribution in [-0.4, -0.2) is 16.8 Å². The molecule has 0 aliphatic carbocycles. The molecule has 0 spiro atoms. The highest BCUT2D eigenvalue weighted by molar-refractivity contribution is 5.97. The zero-order valence-electron chi connectivity index (χ0n) is 26.0. The summed E-state index contributed by atoms with van der Waals surface area (Å²) in [6.07, 6.45) is 14.3. The Morgan fingerprint density at radius 1 is 0.900 bits per heavy atom. The lowest BCUT2D eigenvalue weighted by Gasteiger charge is -2.39. The Morgan fingerprint density at radius 3 is 2.10 bits per heavy atom. The molecule has 0 fully saturated rings. The van der Waals surface area contributed by atoms with Gasteiger partial charge in [0.1, 0.15) is 11.4 Å². The van der Waals surface area contributed by atoms with Crippen molar-refractivity contribution in [3.8, 4) is 5.75 Å². The standard InChI is InChI=1S/C36H49NO3/c1-25(2)15-12-16-26(3)17-13-18-27(4)19-14-23-36(8)24-22-32-30(7)33(28(5)29(6)34(32)40-36)37(35(38)39)31-20-10-9-11-21-31/h9-11,15,17,19-21H,12-14,16,18,22-24H2,1-8H3,(H,38,39). The van der Waals surface area contributed by atoms with Gasteiger partial charge < -0.3 is 9.84 Å². The maximum absolute atomic E-state index is 12.4. The molecule has 0 saturated heterocycles. The second-order valence-corrected chi connectivity index (χ2v) is 12.0. The van der Waals surface area contributed by atoms with E-state index in [0.29, 0.717) is 5.69 Å². The molecule has 1 unspecified atom stereocenters. The lowest BCUT2D eigenvalue weighted by atomic mass is 9.84. The molecule has 0 aromatic heterocycles. The van der Waals surface area contributed by atoms with Crippen LogP contribution in [0.25, 0.3) is 0 Å². The lowest BCUT2D eigenvalue weighted by Crippen LogP contribution is -2.37. The van der Waals surface area contributed by atoms with E-state index in [1.807, 2.05) is 44.2 Å². The lowest BCUT2D eigenvalue weighted by molar-refractivity contribution is 0.0560. The largest absolute Gasteiger partial charge is 0.487 e. The van der Waals surface area contributed by atoms with Crippen molar-refractivity contribution in [3.63, 3.8) is 0 Å². The third kappa shape index (κ3) is 7.90. The third-order valence-electron chi connectivity index (χ3n) is 8.31. The van der Waals surface area contributed by atoms with Crippen LogP contribution in [0, 0.1) is 20.8 Å². The van der Waals surface area contributed by atoms with Gasteiger partial charge in [0.2, 0.25) is 0 Å². The number of hydrogen-bond donors (Lipinski definition) is 1. The fourth-order valence-corrected chi connectivity index (χ4v) is 5.68. The van der Waals surface area contributed by atoms with Crippen LogP contribution < -0.4 is 9.64 Å². The number of amides is 1. The van der Waals surface area contributed by atoms with Gasteiger partial charge >= 0.3 is 6.09 Å². The quantitative estimate of drug-likeness (QED) is 0.287. The van der Waals surface area contributed by atoms with Gasteiger partial charge in [-0.3, -0.25) is 0 Å². The molecule has 216 valence electrons. The van der Waals surface area contributed by atoms with E-state index in [0.717, 1.165) is 85.1 Å². The Labute approximate surface area is 242 Å². The zero-order valence-corrected chi connectivity index (χ0v) is 26.0. The molecule has 4 nitrogen and oxygen atoms in total. The summed E-state index contributed by atoms with van der Waals surface area (Å²) in [4.78, 5) is 13.8. The maximum Gasteiger partial charge on any atom is 0.416 e. The Bertz CT molecular complexity index is 1280. The van der Waals surface area contributed by atoms with Crippen molar-refractivity contribution in [2.45, 2.75) is 112 Å². The zero-order chi connectivity index (χ0) is 29.4. The van der Waals surface area contributed by atoms with Crippen molar-refractivity contribution in [2.24, 2.45) is 0 Å². The van der Waals surface area contributed by atoms with Crippen molar-refractivity contribution in [2.75, 3.05) is 4.90 Å². The van der Waals surface area contributed by atoms with E-state index >= 15 is 0 Å². The second-order valence-electron chi connectivity index (χ2n) is 12.0. The number of carbonyl (C=O) groups is 1. The third-order valence-corrected chi connectivity index (χ3v) is 8.31. The Morgan fingerprint density at radius 2 is 1.50 bits per heavy atom. The highest BCUT2D eigenvalue weighted by Gasteiger charge is 2.35. The predicted molar refractivity (Wildman–Crippen MR) is 169 cm³/mol. The van der Waals surface area contributed by atoms with Crippen molar-refractivity contribution in [3.05, 3.63) is 87.5 Å². The van der Waals surface area contributed by atoms with Crippen molar-refractivity contribution in [1.29, 1.82) is 0 Å². The monoisotopic (exact) mass is 543 g/mol. The van der Waals surface area contributed by atoms with E-state index in [-0.39, 0.29) is 5.60 Å². The van der Waals surface area contributed by atoms with Gasteiger partial charge in [-0.2, -0.15) is 0 Å². The summed E-state index contributed by atoms with van der Waals surface area (Å²) < 4.78 is 6.75. The average molecular weight is 544 g/mol. The highest BCUT2D eigenvalue weighted by atomic mass is 16.5. The second kappa shape index (κ2) is 13.9. The number of fused-ring (bicyclic) bond motifs is 1. The summed E-state index contributed by atoms with van der Waals surface area (Å²) in [5.74, 6) is 0.945. The van der Waals surface area contributed by atoms with Crippen LogP contribution in [0.2, 0.25) is 0 Å². The number of para-hydroxylation sites is 1. The summed E-state index contributed by atoms with van der Waals surface area (Å²) in [7, 11) is 0. The summed E-state index contributed by atoms with van der Waals surface area (Å²) in [6, 6.07) is 9.33. The number of hydrogen-bond acceptors (Lipinski definition) is 2. The predicted octanol–water partition coefficient (Wildman–Crippen LogP) is 10.7. The normalized spacial score (nSPS) is 17.2. The van der Waals surface area contributed by atoms with Gasteiger partial charge in [-0.05, 0) is 141 Å². The fraction of sp³-hybridized carbons (Fsp3) is 0.472. The molecule has 1 heterocycles. The van der Waals surface area contributed by atoms with Crippen LogP contribution in [0.15, 0.2) is 65.3 Å². The minimum absolute atomic E-state index is 0.234. The molecule has 3 rings (SSSR count). The number of rotatable bonds is 11. The summed E-state index contributed by atoms with van der Waals surface area (Å²) in [6.45, 7) is 17.1. The SMILES string of the molecule is CC(C)=CCCC(C)=CCCC(C)=CCCC1(C)CCc2c(C)c(N(C(=O)O)c3ccccc3)c(C)c(C)c2O1. The number of carboxylic acid groups (broad SMARTS) is 1. The Hall–Kier alpha value is -3.27. The van der Waals surface area contributed by atoms with Gasteiger partial charge in [-0.15, -0.1) is 0 Å².